The molecule has 5 heteroatoms. The van der Waals surface area contributed by atoms with Crippen molar-refractivity contribution in [1.29, 1.82) is 0 Å². The molecule has 2 N–H and O–H groups in total. The van der Waals surface area contributed by atoms with Crippen molar-refractivity contribution in [2.45, 2.75) is 33.1 Å². The van der Waals surface area contributed by atoms with E-state index in [1.54, 1.807) is 0 Å². The summed E-state index contributed by atoms with van der Waals surface area (Å²) < 4.78 is 5.04. The van der Waals surface area contributed by atoms with Crippen LogP contribution in [-0.4, -0.2) is 31.7 Å². The van der Waals surface area contributed by atoms with E-state index in [4.69, 9.17) is 4.74 Å². The van der Waals surface area contributed by atoms with Gasteiger partial charge in [0.05, 0.1) is 6.54 Å². The van der Waals surface area contributed by atoms with Gasteiger partial charge in [-0.25, -0.2) is 4.79 Å². The molecule has 1 fully saturated rings. The lowest BCUT2D eigenvalue weighted by atomic mass is 10.0. The van der Waals surface area contributed by atoms with Crippen molar-refractivity contribution in [2.75, 3.05) is 19.7 Å². The molecule has 1 saturated carbocycles. The molecule has 1 atom stereocenters. The first-order chi connectivity index (χ1) is 8.13. The SMILES string of the molecule is CCNC(=O)NCCOC(=O)CC(C)C1CC1. The second kappa shape index (κ2) is 7.14. The van der Waals surface area contributed by atoms with Gasteiger partial charge in [-0.3, -0.25) is 4.79 Å². The normalized spacial score (nSPS) is 16.1. The first-order valence-electron chi connectivity index (χ1n) is 6.30. The van der Waals surface area contributed by atoms with Crippen LogP contribution in [0.25, 0.3) is 0 Å². The van der Waals surface area contributed by atoms with Gasteiger partial charge < -0.3 is 15.4 Å². The average Bonchev–Trinajstić information content (AvgIpc) is 3.08. The summed E-state index contributed by atoms with van der Waals surface area (Å²) in [7, 11) is 0. The number of hydrogen-bond donors (Lipinski definition) is 2. The molecule has 5 nitrogen and oxygen atoms in total. The molecule has 0 aromatic carbocycles. The largest absolute Gasteiger partial charge is 0.464 e. The third-order valence-electron chi connectivity index (χ3n) is 2.90. The van der Waals surface area contributed by atoms with E-state index in [0.717, 1.165) is 5.92 Å². The number of nitrogens with one attached hydrogen (secondary N) is 2. The third-order valence-corrected chi connectivity index (χ3v) is 2.90. The van der Waals surface area contributed by atoms with Gasteiger partial charge in [0.25, 0.3) is 0 Å². The Labute approximate surface area is 102 Å². The maximum Gasteiger partial charge on any atom is 0.314 e. The van der Waals surface area contributed by atoms with E-state index in [2.05, 4.69) is 17.6 Å². The fraction of sp³-hybridized carbons (Fsp3) is 0.833. The van der Waals surface area contributed by atoms with Crippen LogP contribution in [0.2, 0.25) is 0 Å². The highest BCUT2D eigenvalue weighted by molar-refractivity contribution is 5.73. The quantitative estimate of drug-likeness (QED) is 0.522. The van der Waals surface area contributed by atoms with Crippen molar-refractivity contribution < 1.29 is 14.3 Å². The van der Waals surface area contributed by atoms with Crippen LogP contribution in [0.3, 0.4) is 0 Å². The molecule has 2 amide bonds. The van der Waals surface area contributed by atoms with Gasteiger partial charge in [0.2, 0.25) is 0 Å². The molecule has 1 aliphatic carbocycles. The molecule has 1 rings (SSSR count). The molecule has 0 saturated heterocycles. The predicted molar refractivity (Wildman–Crippen MR) is 64.5 cm³/mol. The van der Waals surface area contributed by atoms with E-state index >= 15 is 0 Å². The van der Waals surface area contributed by atoms with Crippen LogP contribution < -0.4 is 10.6 Å². The fourth-order valence-electron chi connectivity index (χ4n) is 1.71. The smallest absolute Gasteiger partial charge is 0.314 e. The zero-order valence-electron chi connectivity index (χ0n) is 10.6. The van der Waals surface area contributed by atoms with Crippen molar-refractivity contribution in [2.24, 2.45) is 11.8 Å². The van der Waals surface area contributed by atoms with Crippen LogP contribution in [0.4, 0.5) is 4.79 Å². The number of urea groups is 1. The molecule has 98 valence electrons. The second-order valence-corrected chi connectivity index (χ2v) is 4.53. The maximum atomic E-state index is 11.4. The van der Waals surface area contributed by atoms with Crippen LogP contribution in [0.1, 0.15) is 33.1 Å². The van der Waals surface area contributed by atoms with E-state index in [1.807, 2.05) is 6.92 Å². The number of esters is 1. The Morgan fingerprint density at radius 2 is 2.06 bits per heavy atom. The molecule has 0 radical (unpaired) electrons. The van der Waals surface area contributed by atoms with Crippen molar-refractivity contribution in [3.8, 4) is 0 Å². The third kappa shape index (κ3) is 6.14. The molecule has 0 spiro atoms. The van der Waals surface area contributed by atoms with Crippen LogP contribution in [0.5, 0.6) is 0 Å². The lowest BCUT2D eigenvalue weighted by Gasteiger charge is -2.10. The molecule has 0 aromatic heterocycles. The topological polar surface area (TPSA) is 67.4 Å². The Hall–Kier alpha value is -1.26. The molecular weight excluding hydrogens is 220 g/mol. The lowest BCUT2D eigenvalue weighted by Crippen LogP contribution is -2.37. The van der Waals surface area contributed by atoms with E-state index in [1.165, 1.54) is 12.8 Å². The molecular formula is C12H22N2O3. The van der Waals surface area contributed by atoms with E-state index in [-0.39, 0.29) is 18.6 Å². The summed E-state index contributed by atoms with van der Waals surface area (Å²) in [6, 6.07) is -0.227. The Morgan fingerprint density at radius 1 is 1.35 bits per heavy atom. The van der Waals surface area contributed by atoms with Gasteiger partial charge >= 0.3 is 12.0 Å². The first kappa shape index (κ1) is 13.8. The summed E-state index contributed by atoms with van der Waals surface area (Å²) in [5, 5.41) is 5.20. The van der Waals surface area contributed by atoms with Gasteiger partial charge in [0, 0.05) is 13.0 Å². The summed E-state index contributed by atoms with van der Waals surface area (Å²) in [6.45, 7) is 5.12. The Bertz CT molecular complexity index is 264. The monoisotopic (exact) mass is 242 g/mol. The number of ether oxygens (including phenoxy) is 1. The van der Waals surface area contributed by atoms with Crippen LogP contribution in [0.15, 0.2) is 0 Å². The predicted octanol–water partition coefficient (Wildman–Crippen LogP) is 1.28. The molecule has 0 bridgehead atoms. The highest BCUT2D eigenvalue weighted by Crippen LogP contribution is 2.38. The van der Waals surface area contributed by atoms with Gasteiger partial charge in [0.15, 0.2) is 0 Å². The van der Waals surface area contributed by atoms with Gasteiger partial charge in [0.1, 0.15) is 6.61 Å². The van der Waals surface area contributed by atoms with Gasteiger partial charge in [-0.1, -0.05) is 6.92 Å². The van der Waals surface area contributed by atoms with Crippen LogP contribution in [-0.2, 0) is 9.53 Å². The molecule has 1 unspecified atom stereocenters. The zero-order chi connectivity index (χ0) is 12.7. The van der Waals surface area contributed by atoms with Gasteiger partial charge in [-0.15, -0.1) is 0 Å². The van der Waals surface area contributed by atoms with Gasteiger partial charge in [-0.05, 0) is 31.6 Å². The highest BCUT2D eigenvalue weighted by atomic mass is 16.5. The minimum absolute atomic E-state index is 0.165. The lowest BCUT2D eigenvalue weighted by molar-refractivity contribution is -0.144. The molecule has 0 aromatic rings. The van der Waals surface area contributed by atoms with E-state index in [9.17, 15) is 9.59 Å². The van der Waals surface area contributed by atoms with Crippen molar-refractivity contribution in [1.82, 2.24) is 10.6 Å². The molecule has 17 heavy (non-hydrogen) atoms. The van der Waals surface area contributed by atoms with E-state index in [0.29, 0.717) is 25.4 Å². The maximum absolute atomic E-state index is 11.4. The van der Waals surface area contributed by atoms with E-state index < -0.39 is 0 Å². The number of amides is 2. The summed E-state index contributed by atoms with van der Waals surface area (Å²) in [4.78, 5) is 22.4. The van der Waals surface area contributed by atoms with Crippen molar-refractivity contribution in [3.63, 3.8) is 0 Å². The van der Waals surface area contributed by atoms with Crippen molar-refractivity contribution >= 4 is 12.0 Å². The first-order valence-corrected chi connectivity index (χ1v) is 6.30. The Morgan fingerprint density at radius 3 is 2.65 bits per heavy atom. The van der Waals surface area contributed by atoms with Crippen LogP contribution >= 0.6 is 0 Å². The summed E-state index contributed by atoms with van der Waals surface area (Å²) in [5.41, 5.74) is 0. The molecule has 0 heterocycles. The Kier molecular flexibility index (Phi) is 5.80. The van der Waals surface area contributed by atoms with Gasteiger partial charge in [-0.2, -0.15) is 0 Å². The summed E-state index contributed by atoms with van der Waals surface area (Å²) >= 11 is 0. The number of hydrogen-bond acceptors (Lipinski definition) is 3. The standard InChI is InChI=1S/C12H22N2O3/c1-3-13-12(16)14-6-7-17-11(15)8-9(2)10-4-5-10/h9-10H,3-8H2,1-2H3,(H2,13,14,16). The summed E-state index contributed by atoms with van der Waals surface area (Å²) in [5.74, 6) is 0.983. The average molecular weight is 242 g/mol. The highest BCUT2D eigenvalue weighted by Gasteiger charge is 2.29. The number of rotatable bonds is 7. The Balaban J connectivity index is 1.97. The minimum Gasteiger partial charge on any atom is -0.464 e. The molecule has 1 aliphatic rings. The fourth-order valence-corrected chi connectivity index (χ4v) is 1.71. The zero-order valence-corrected chi connectivity index (χ0v) is 10.6. The molecule has 0 aliphatic heterocycles. The van der Waals surface area contributed by atoms with Crippen LogP contribution in [0, 0.1) is 11.8 Å². The number of carbonyl (C=O) groups excluding carboxylic acids is 2. The second-order valence-electron chi connectivity index (χ2n) is 4.53. The summed E-state index contributed by atoms with van der Waals surface area (Å²) in [6.07, 6.45) is 2.98. The number of carbonyl (C=O) groups is 2. The van der Waals surface area contributed by atoms with Crippen molar-refractivity contribution in [3.05, 3.63) is 0 Å². The minimum atomic E-state index is -0.227.